The summed E-state index contributed by atoms with van der Waals surface area (Å²) in [4.78, 5) is 17.9. The van der Waals surface area contributed by atoms with Crippen molar-refractivity contribution in [1.29, 1.82) is 0 Å². The highest BCUT2D eigenvalue weighted by atomic mass is 32.2. The van der Waals surface area contributed by atoms with Crippen LogP contribution in [0.4, 0.5) is 0 Å². The fraction of sp³-hybridized carbons (Fsp3) is 0.294. The van der Waals surface area contributed by atoms with Crippen LogP contribution in [0.15, 0.2) is 58.6 Å². The van der Waals surface area contributed by atoms with E-state index in [0.29, 0.717) is 11.5 Å². The van der Waals surface area contributed by atoms with E-state index < -0.39 is 0 Å². The third-order valence-electron chi connectivity index (χ3n) is 3.66. The number of nitrogens with zero attached hydrogens (tertiary/aromatic N) is 1. The van der Waals surface area contributed by atoms with E-state index in [-0.39, 0.29) is 11.9 Å². The van der Waals surface area contributed by atoms with Gasteiger partial charge >= 0.3 is 0 Å². The lowest BCUT2D eigenvalue weighted by Gasteiger charge is -2.14. The molecule has 1 aliphatic rings. The van der Waals surface area contributed by atoms with Crippen molar-refractivity contribution in [3.63, 3.8) is 0 Å². The van der Waals surface area contributed by atoms with Crippen molar-refractivity contribution < 1.29 is 4.79 Å². The molecule has 0 radical (unpaired) electrons. The number of carbonyl (C=O) groups is 1. The maximum Gasteiger partial charge on any atom is 0.254 e. The van der Waals surface area contributed by atoms with Crippen molar-refractivity contribution in [3.8, 4) is 0 Å². The van der Waals surface area contributed by atoms with Crippen molar-refractivity contribution in [1.82, 2.24) is 10.3 Å². The Hall–Kier alpha value is -1.81. The predicted molar refractivity (Wildman–Crippen MR) is 84.5 cm³/mol. The normalized spacial score (nSPS) is 15.5. The smallest absolute Gasteiger partial charge is 0.254 e. The fourth-order valence-corrected chi connectivity index (χ4v) is 3.14. The van der Waals surface area contributed by atoms with E-state index in [9.17, 15) is 4.79 Å². The molecule has 3 nitrogen and oxygen atoms in total. The molecule has 4 heteroatoms. The Labute approximate surface area is 129 Å². The van der Waals surface area contributed by atoms with Gasteiger partial charge in [0.1, 0.15) is 5.03 Å². The van der Waals surface area contributed by atoms with Crippen LogP contribution in [0.5, 0.6) is 0 Å². The Balaban J connectivity index is 1.77. The summed E-state index contributed by atoms with van der Waals surface area (Å²) in [6.45, 7) is 2.08. The fourth-order valence-electron chi connectivity index (χ4n) is 2.24. The van der Waals surface area contributed by atoms with E-state index in [4.69, 9.17) is 0 Å². The Morgan fingerprint density at radius 1 is 1.24 bits per heavy atom. The van der Waals surface area contributed by atoms with Gasteiger partial charge in [-0.1, -0.05) is 30.0 Å². The molecular weight excluding hydrogens is 280 g/mol. The Morgan fingerprint density at radius 3 is 2.71 bits per heavy atom. The summed E-state index contributed by atoms with van der Waals surface area (Å²) in [7, 11) is 0. The summed E-state index contributed by atoms with van der Waals surface area (Å²) >= 11 is 1.52. The molecule has 0 bridgehead atoms. The van der Waals surface area contributed by atoms with Crippen molar-refractivity contribution in [2.24, 2.45) is 5.92 Å². The first-order valence-electron chi connectivity index (χ1n) is 7.23. The number of carbonyl (C=O) groups excluding carboxylic acids is 1. The van der Waals surface area contributed by atoms with E-state index in [2.05, 4.69) is 17.2 Å². The molecule has 1 amide bonds. The first kappa shape index (κ1) is 14.1. The highest BCUT2D eigenvalue weighted by Crippen LogP contribution is 2.33. The van der Waals surface area contributed by atoms with E-state index in [1.54, 1.807) is 6.20 Å². The number of nitrogens with one attached hydrogen (secondary N) is 1. The third-order valence-corrected chi connectivity index (χ3v) is 4.69. The van der Waals surface area contributed by atoms with E-state index >= 15 is 0 Å². The molecule has 1 heterocycles. The summed E-state index contributed by atoms with van der Waals surface area (Å²) < 4.78 is 0. The molecule has 1 N–H and O–H groups in total. The first-order valence-corrected chi connectivity index (χ1v) is 8.04. The minimum Gasteiger partial charge on any atom is -0.349 e. The molecule has 1 aromatic carbocycles. The molecule has 1 fully saturated rings. The quantitative estimate of drug-likeness (QED) is 0.914. The molecule has 108 valence electrons. The predicted octanol–water partition coefficient (Wildman–Crippen LogP) is 3.76. The minimum absolute atomic E-state index is 0.0269. The van der Waals surface area contributed by atoms with Gasteiger partial charge in [-0.2, -0.15) is 0 Å². The van der Waals surface area contributed by atoms with Crippen LogP contribution in [0, 0.1) is 5.92 Å². The largest absolute Gasteiger partial charge is 0.349 e. The van der Waals surface area contributed by atoms with E-state index in [0.717, 1.165) is 9.92 Å². The highest BCUT2D eigenvalue weighted by molar-refractivity contribution is 7.99. The standard InChI is InChI=1S/C17H18N2OS/c1-12(13-9-10-13)19-16(20)15-8-5-11-18-17(15)21-14-6-3-2-4-7-14/h2-8,11-13H,9-10H2,1H3,(H,19,20)/t12-/m0/s1. The van der Waals surface area contributed by atoms with Crippen LogP contribution in [-0.2, 0) is 0 Å². The van der Waals surface area contributed by atoms with E-state index in [1.807, 2.05) is 42.5 Å². The van der Waals surface area contributed by atoms with Gasteiger partial charge in [0.15, 0.2) is 0 Å². The third kappa shape index (κ3) is 3.64. The molecule has 2 aromatic rings. The number of hydrogen-bond acceptors (Lipinski definition) is 3. The van der Waals surface area contributed by atoms with Gasteiger partial charge in [-0.25, -0.2) is 4.98 Å². The molecular formula is C17H18N2OS. The lowest BCUT2D eigenvalue weighted by atomic mass is 10.2. The van der Waals surface area contributed by atoms with Crippen molar-refractivity contribution in [2.75, 3.05) is 0 Å². The number of pyridine rings is 1. The monoisotopic (exact) mass is 298 g/mol. The zero-order chi connectivity index (χ0) is 14.7. The molecule has 1 aromatic heterocycles. The zero-order valence-electron chi connectivity index (χ0n) is 12.0. The van der Waals surface area contributed by atoms with Crippen LogP contribution in [0.25, 0.3) is 0 Å². The Kier molecular flexibility index (Phi) is 4.25. The maximum absolute atomic E-state index is 12.4. The van der Waals surface area contributed by atoms with Gasteiger partial charge < -0.3 is 5.32 Å². The summed E-state index contributed by atoms with van der Waals surface area (Å²) in [5, 5.41) is 3.85. The van der Waals surface area contributed by atoms with Gasteiger partial charge in [0.05, 0.1) is 5.56 Å². The Bertz CT molecular complexity index is 626. The van der Waals surface area contributed by atoms with Crippen LogP contribution >= 0.6 is 11.8 Å². The topological polar surface area (TPSA) is 42.0 Å². The average molecular weight is 298 g/mol. The van der Waals surface area contributed by atoms with Crippen molar-refractivity contribution in [3.05, 3.63) is 54.2 Å². The molecule has 0 aliphatic heterocycles. The average Bonchev–Trinajstić information content (AvgIpc) is 3.33. The van der Waals surface area contributed by atoms with Gasteiger partial charge in [-0.15, -0.1) is 0 Å². The minimum atomic E-state index is -0.0269. The van der Waals surface area contributed by atoms with Crippen LogP contribution in [0.3, 0.4) is 0 Å². The molecule has 1 aliphatic carbocycles. The Morgan fingerprint density at radius 2 is 2.00 bits per heavy atom. The van der Waals surface area contributed by atoms with Crippen LogP contribution in [0.1, 0.15) is 30.1 Å². The number of hydrogen-bond donors (Lipinski definition) is 1. The highest BCUT2D eigenvalue weighted by Gasteiger charge is 2.29. The SMILES string of the molecule is C[C@H](NC(=O)c1cccnc1Sc1ccccc1)C1CC1. The second-order valence-corrected chi connectivity index (χ2v) is 6.43. The van der Waals surface area contributed by atoms with Crippen molar-refractivity contribution >= 4 is 17.7 Å². The lowest BCUT2D eigenvalue weighted by molar-refractivity contribution is 0.0932. The molecule has 0 unspecified atom stereocenters. The van der Waals surface area contributed by atoms with E-state index in [1.165, 1.54) is 24.6 Å². The lowest BCUT2D eigenvalue weighted by Crippen LogP contribution is -2.34. The van der Waals surface area contributed by atoms with Gasteiger partial charge in [0.2, 0.25) is 0 Å². The maximum atomic E-state index is 12.4. The molecule has 21 heavy (non-hydrogen) atoms. The van der Waals surface area contributed by atoms with Gasteiger partial charge in [0.25, 0.3) is 5.91 Å². The molecule has 3 rings (SSSR count). The van der Waals surface area contributed by atoms with Crippen LogP contribution in [0.2, 0.25) is 0 Å². The summed E-state index contributed by atoms with van der Waals surface area (Å²) in [6.07, 6.45) is 4.17. The summed E-state index contributed by atoms with van der Waals surface area (Å²) in [5.74, 6) is 0.622. The van der Waals surface area contributed by atoms with Gasteiger partial charge in [-0.3, -0.25) is 4.79 Å². The molecule has 0 spiro atoms. The first-order chi connectivity index (χ1) is 10.2. The summed E-state index contributed by atoms with van der Waals surface area (Å²) in [6, 6.07) is 13.9. The number of aromatic nitrogens is 1. The van der Waals surface area contributed by atoms with Crippen LogP contribution in [-0.4, -0.2) is 16.9 Å². The molecule has 0 saturated heterocycles. The van der Waals surface area contributed by atoms with Crippen molar-refractivity contribution in [2.45, 2.75) is 35.7 Å². The van der Waals surface area contributed by atoms with Gasteiger partial charge in [0, 0.05) is 17.1 Å². The van der Waals surface area contributed by atoms with Gasteiger partial charge in [-0.05, 0) is 49.9 Å². The molecule has 1 saturated carbocycles. The number of benzene rings is 1. The number of amides is 1. The number of rotatable bonds is 5. The second kappa shape index (κ2) is 6.31. The summed E-state index contributed by atoms with van der Waals surface area (Å²) in [5.41, 5.74) is 0.652. The molecule has 1 atom stereocenters. The zero-order valence-corrected chi connectivity index (χ0v) is 12.8. The second-order valence-electron chi connectivity index (χ2n) is 5.37. The van der Waals surface area contributed by atoms with Crippen LogP contribution < -0.4 is 5.32 Å².